The quantitative estimate of drug-likeness (QED) is 0.814. The van der Waals surface area contributed by atoms with Gasteiger partial charge in [-0.25, -0.2) is 4.98 Å². The molecule has 1 N–H and O–H groups in total. The Hall–Kier alpha value is -2.14. The average Bonchev–Trinajstić information content (AvgIpc) is 2.97. The molecule has 0 bridgehead atoms. The minimum Gasteiger partial charge on any atom is -0.468 e. The molecule has 0 amide bonds. The summed E-state index contributed by atoms with van der Waals surface area (Å²) in [7, 11) is 3.16. The molecule has 0 radical (unpaired) electrons. The van der Waals surface area contributed by atoms with Crippen LogP contribution < -0.4 is 5.32 Å². The van der Waals surface area contributed by atoms with Gasteiger partial charge in [0.2, 0.25) is 0 Å². The first-order valence-electron chi connectivity index (χ1n) is 6.58. The number of esters is 1. The molecule has 0 saturated heterocycles. The summed E-state index contributed by atoms with van der Waals surface area (Å²) in [6, 6.07) is 9.69. The van der Waals surface area contributed by atoms with Crippen molar-refractivity contribution < 1.29 is 9.53 Å². The molecule has 5 nitrogen and oxygen atoms in total. The van der Waals surface area contributed by atoms with Crippen molar-refractivity contribution in [2.24, 2.45) is 0 Å². The standard InChI is InChI=1S/C15H19N3O2/c1-16-13(15(19)20-2)8-10-18-11-9-17-14(18)12-6-4-3-5-7-12/h3-7,9,11,13,16H,8,10H2,1-2H3. The molecule has 1 unspecified atom stereocenters. The van der Waals surface area contributed by atoms with Crippen molar-refractivity contribution in [3.8, 4) is 11.4 Å². The number of nitrogens with one attached hydrogen (secondary N) is 1. The van der Waals surface area contributed by atoms with Gasteiger partial charge in [0.1, 0.15) is 11.9 Å². The second kappa shape index (κ2) is 6.86. The second-order valence-corrected chi connectivity index (χ2v) is 4.46. The molecule has 106 valence electrons. The van der Waals surface area contributed by atoms with Gasteiger partial charge < -0.3 is 14.6 Å². The maximum Gasteiger partial charge on any atom is 0.322 e. The van der Waals surface area contributed by atoms with Crippen LogP contribution in [0.15, 0.2) is 42.7 Å². The van der Waals surface area contributed by atoms with Crippen LogP contribution in [0.2, 0.25) is 0 Å². The molecular weight excluding hydrogens is 254 g/mol. The van der Waals surface area contributed by atoms with Gasteiger partial charge in [-0.2, -0.15) is 0 Å². The number of hydrogen-bond donors (Lipinski definition) is 1. The number of carbonyl (C=O) groups is 1. The van der Waals surface area contributed by atoms with Crippen molar-refractivity contribution in [3.63, 3.8) is 0 Å². The lowest BCUT2D eigenvalue weighted by Crippen LogP contribution is -2.35. The Morgan fingerprint density at radius 2 is 2.15 bits per heavy atom. The number of benzene rings is 1. The molecule has 1 atom stereocenters. The topological polar surface area (TPSA) is 56.2 Å². The van der Waals surface area contributed by atoms with E-state index >= 15 is 0 Å². The zero-order chi connectivity index (χ0) is 14.4. The van der Waals surface area contributed by atoms with Gasteiger partial charge in [0.25, 0.3) is 0 Å². The highest BCUT2D eigenvalue weighted by Crippen LogP contribution is 2.17. The predicted molar refractivity (Wildman–Crippen MR) is 77.1 cm³/mol. The number of aromatic nitrogens is 2. The van der Waals surface area contributed by atoms with Crippen LogP contribution in [-0.4, -0.2) is 35.7 Å². The fraction of sp³-hybridized carbons (Fsp3) is 0.333. The summed E-state index contributed by atoms with van der Waals surface area (Å²) in [6.45, 7) is 0.699. The highest BCUT2D eigenvalue weighted by atomic mass is 16.5. The van der Waals surface area contributed by atoms with Crippen LogP contribution in [0.1, 0.15) is 6.42 Å². The first-order chi connectivity index (χ1) is 9.76. The maximum absolute atomic E-state index is 11.5. The van der Waals surface area contributed by atoms with Gasteiger partial charge in [-0.05, 0) is 13.5 Å². The molecule has 2 aromatic rings. The van der Waals surface area contributed by atoms with E-state index in [1.165, 1.54) is 7.11 Å². The molecule has 20 heavy (non-hydrogen) atoms. The van der Waals surface area contributed by atoms with Crippen LogP contribution in [0.3, 0.4) is 0 Å². The Kier molecular flexibility index (Phi) is 4.90. The maximum atomic E-state index is 11.5. The summed E-state index contributed by atoms with van der Waals surface area (Å²) in [6.07, 6.45) is 4.35. The number of likely N-dealkylation sites (N-methyl/N-ethyl adjacent to an activating group) is 1. The van der Waals surface area contributed by atoms with E-state index < -0.39 is 0 Å². The zero-order valence-electron chi connectivity index (χ0n) is 11.7. The SMILES string of the molecule is CNC(CCn1ccnc1-c1ccccc1)C(=O)OC. The number of ether oxygens (including phenoxy) is 1. The summed E-state index contributed by atoms with van der Waals surface area (Å²) < 4.78 is 6.81. The molecule has 0 aliphatic carbocycles. The van der Waals surface area contributed by atoms with Crippen LogP contribution >= 0.6 is 0 Å². The van der Waals surface area contributed by atoms with Gasteiger partial charge in [0.15, 0.2) is 0 Å². The summed E-state index contributed by atoms with van der Waals surface area (Å²) in [4.78, 5) is 15.9. The van der Waals surface area contributed by atoms with Crippen molar-refractivity contribution in [2.75, 3.05) is 14.2 Å². The molecular formula is C15H19N3O2. The zero-order valence-corrected chi connectivity index (χ0v) is 11.7. The molecule has 0 fully saturated rings. The van der Waals surface area contributed by atoms with E-state index in [4.69, 9.17) is 4.74 Å². The van der Waals surface area contributed by atoms with Gasteiger partial charge in [0, 0.05) is 24.5 Å². The van der Waals surface area contributed by atoms with E-state index in [0.717, 1.165) is 11.4 Å². The van der Waals surface area contributed by atoms with Crippen molar-refractivity contribution in [1.82, 2.24) is 14.9 Å². The first kappa shape index (κ1) is 14.3. The Morgan fingerprint density at radius 3 is 2.80 bits per heavy atom. The van der Waals surface area contributed by atoms with E-state index in [-0.39, 0.29) is 12.0 Å². The lowest BCUT2D eigenvalue weighted by molar-refractivity contribution is -0.143. The number of nitrogens with zero attached hydrogens (tertiary/aromatic N) is 2. The van der Waals surface area contributed by atoms with Crippen LogP contribution in [0.25, 0.3) is 11.4 Å². The normalized spacial score (nSPS) is 12.1. The number of rotatable bonds is 6. The average molecular weight is 273 g/mol. The smallest absolute Gasteiger partial charge is 0.322 e. The van der Waals surface area contributed by atoms with Crippen LogP contribution in [0, 0.1) is 0 Å². The molecule has 1 heterocycles. The van der Waals surface area contributed by atoms with Crippen molar-refractivity contribution in [3.05, 3.63) is 42.7 Å². The van der Waals surface area contributed by atoms with Crippen molar-refractivity contribution in [2.45, 2.75) is 19.0 Å². The fourth-order valence-electron chi connectivity index (χ4n) is 2.13. The van der Waals surface area contributed by atoms with Gasteiger partial charge in [0.05, 0.1) is 7.11 Å². The summed E-state index contributed by atoms with van der Waals surface area (Å²) in [5.41, 5.74) is 1.07. The Labute approximate surface area is 118 Å². The minimum atomic E-state index is -0.300. The third-order valence-corrected chi connectivity index (χ3v) is 3.24. The van der Waals surface area contributed by atoms with Crippen LogP contribution in [0.5, 0.6) is 0 Å². The van der Waals surface area contributed by atoms with E-state index in [0.29, 0.717) is 13.0 Å². The van der Waals surface area contributed by atoms with Gasteiger partial charge >= 0.3 is 5.97 Å². The molecule has 0 saturated carbocycles. The highest BCUT2D eigenvalue weighted by molar-refractivity contribution is 5.75. The molecule has 1 aromatic heterocycles. The number of imidazole rings is 1. The van der Waals surface area contributed by atoms with E-state index in [2.05, 4.69) is 10.3 Å². The monoisotopic (exact) mass is 273 g/mol. The van der Waals surface area contributed by atoms with Gasteiger partial charge in [-0.3, -0.25) is 4.79 Å². The minimum absolute atomic E-state index is 0.242. The van der Waals surface area contributed by atoms with Gasteiger partial charge in [-0.1, -0.05) is 30.3 Å². The van der Waals surface area contributed by atoms with Crippen molar-refractivity contribution >= 4 is 5.97 Å². The lowest BCUT2D eigenvalue weighted by atomic mass is 10.2. The summed E-state index contributed by atoms with van der Waals surface area (Å²) in [5.74, 6) is 0.666. The molecule has 0 aliphatic heterocycles. The predicted octanol–water partition coefficient (Wildman–Crippen LogP) is 1.70. The third kappa shape index (κ3) is 3.24. The Morgan fingerprint density at radius 1 is 1.40 bits per heavy atom. The third-order valence-electron chi connectivity index (χ3n) is 3.24. The molecule has 2 rings (SSSR count). The lowest BCUT2D eigenvalue weighted by Gasteiger charge is -2.15. The summed E-state index contributed by atoms with van der Waals surface area (Å²) >= 11 is 0. The van der Waals surface area contributed by atoms with Gasteiger partial charge in [-0.15, -0.1) is 0 Å². The Balaban J connectivity index is 2.08. The number of hydrogen-bond acceptors (Lipinski definition) is 4. The summed E-state index contributed by atoms with van der Waals surface area (Å²) in [5, 5.41) is 2.97. The molecule has 1 aromatic carbocycles. The Bertz CT molecular complexity index is 551. The molecule has 5 heteroatoms. The van der Waals surface area contributed by atoms with Crippen LogP contribution in [0.4, 0.5) is 0 Å². The van der Waals surface area contributed by atoms with Crippen molar-refractivity contribution in [1.29, 1.82) is 0 Å². The van der Waals surface area contributed by atoms with E-state index in [9.17, 15) is 4.79 Å². The van der Waals surface area contributed by atoms with Crippen LogP contribution in [-0.2, 0) is 16.1 Å². The number of aryl methyl sites for hydroxylation is 1. The molecule has 0 spiro atoms. The largest absolute Gasteiger partial charge is 0.468 e. The molecule has 0 aliphatic rings. The highest BCUT2D eigenvalue weighted by Gasteiger charge is 2.17. The van der Waals surface area contributed by atoms with E-state index in [1.807, 2.05) is 41.1 Å². The first-order valence-corrected chi connectivity index (χ1v) is 6.58. The van der Waals surface area contributed by atoms with E-state index in [1.54, 1.807) is 13.2 Å². The number of methoxy groups -OCH3 is 1. The number of carbonyl (C=O) groups excluding carboxylic acids is 1. The second-order valence-electron chi connectivity index (χ2n) is 4.46. The fourth-order valence-corrected chi connectivity index (χ4v) is 2.13.